The van der Waals surface area contributed by atoms with Gasteiger partial charge in [-0.2, -0.15) is 0 Å². The molecule has 2 saturated heterocycles. The smallest absolute Gasteiger partial charge is 0.254 e. The Balaban J connectivity index is 0.00000182. The Bertz CT molecular complexity index is 729. The minimum absolute atomic E-state index is 0. The molecule has 0 saturated carbocycles. The normalized spacial score (nSPS) is 22.2. The Kier molecular flexibility index (Phi) is 5.25. The van der Waals surface area contributed by atoms with Gasteiger partial charge >= 0.3 is 0 Å². The summed E-state index contributed by atoms with van der Waals surface area (Å²) in [5, 5.41) is 3.41. The second-order valence-corrected chi connectivity index (χ2v) is 6.60. The molecule has 25 heavy (non-hydrogen) atoms. The van der Waals surface area contributed by atoms with E-state index in [9.17, 15) is 9.59 Å². The van der Waals surface area contributed by atoms with Gasteiger partial charge in [0.25, 0.3) is 5.91 Å². The number of fused-ring (bicyclic) bond motifs is 2. The van der Waals surface area contributed by atoms with Crippen molar-refractivity contribution in [1.82, 2.24) is 15.2 Å². The molecule has 6 heteroatoms. The highest BCUT2D eigenvalue weighted by atomic mass is 35.5. The Labute approximate surface area is 153 Å². The zero-order valence-electron chi connectivity index (χ0n) is 13.9. The number of ketones is 1. The highest BCUT2D eigenvalue weighted by Gasteiger charge is 2.38. The van der Waals surface area contributed by atoms with E-state index in [0.29, 0.717) is 28.8 Å². The lowest BCUT2D eigenvalue weighted by Crippen LogP contribution is -2.42. The summed E-state index contributed by atoms with van der Waals surface area (Å²) in [6.07, 6.45) is 6.61. The van der Waals surface area contributed by atoms with Gasteiger partial charge in [-0.25, -0.2) is 0 Å². The van der Waals surface area contributed by atoms with Gasteiger partial charge in [0.2, 0.25) is 0 Å². The molecule has 2 N–H and O–H groups in total. The molecule has 3 heterocycles. The van der Waals surface area contributed by atoms with Crippen LogP contribution in [-0.2, 0) is 0 Å². The molecule has 0 aliphatic carbocycles. The van der Waals surface area contributed by atoms with Crippen molar-refractivity contribution in [3.63, 3.8) is 0 Å². The molecule has 2 aliphatic rings. The monoisotopic (exact) mass is 359 g/mol. The molecule has 0 spiro atoms. The summed E-state index contributed by atoms with van der Waals surface area (Å²) >= 11 is 0. The van der Waals surface area contributed by atoms with Crippen LogP contribution in [0.25, 0.3) is 0 Å². The van der Waals surface area contributed by atoms with Crippen LogP contribution in [0.1, 0.15) is 45.5 Å². The SMILES string of the molecule is Cl.O=C(c1ccc(C(=O)N2C3CCNCC2CC3)cc1)c1cc[nH]c1. The first kappa shape index (κ1) is 17.7. The van der Waals surface area contributed by atoms with Gasteiger partial charge in [-0.15, -0.1) is 12.4 Å². The second-order valence-electron chi connectivity index (χ2n) is 6.60. The predicted molar refractivity (Wildman–Crippen MR) is 98.4 cm³/mol. The third-order valence-corrected chi connectivity index (χ3v) is 5.14. The van der Waals surface area contributed by atoms with Gasteiger partial charge in [0.15, 0.2) is 5.78 Å². The van der Waals surface area contributed by atoms with Crippen molar-refractivity contribution in [2.45, 2.75) is 31.3 Å². The molecular weight excluding hydrogens is 338 g/mol. The number of H-pyrrole nitrogens is 1. The molecule has 2 aromatic rings. The molecule has 1 aromatic carbocycles. The number of halogens is 1. The number of nitrogens with one attached hydrogen (secondary N) is 2. The third-order valence-electron chi connectivity index (χ3n) is 5.14. The fourth-order valence-corrected chi connectivity index (χ4v) is 3.86. The number of nitrogens with zero attached hydrogens (tertiary/aromatic N) is 1. The van der Waals surface area contributed by atoms with Crippen molar-refractivity contribution >= 4 is 24.1 Å². The van der Waals surface area contributed by atoms with Crippen LogP contribution in [0, 0.1) is 0 Å². The van der Waals surface area contributed by atoms with E-state index in [1.165, 1.54) is 0 Å². The van der Waals surface area contributed by atoms with Crippen molar-refractivity contribution in [2.75, 3.05) is 13.1 Å². The zero-order valence-corrected chi connectivity index (χ0v) is 14.7. The third kappa shape index (κ3) is 3.34. The molecule has 2 unspecified atom stereocenters. The highest BCUT2D eigenvalue weighted by molar-refractivity contribution is 6.09. The Morgan fingerprint density at radius 2 is 1.64 bits per heavy atom. The maximum Gasteiger partial charge on any atom is 0.254 e. The molecule has 132 valence electrons. The van der Waals surface area contributed by atoms with Gasteiger partial charge in [0.05, 0.1) is 0 Å². The number of benzene rings is 1. The first-order chi connectivity index (χ1) is 11.7. The lowest BCUT2D eigenvalue weighted by Gasteiger charge is -2.28. The molecule has 1 aromatic heterocycles. The van der Waals surface area contributed by atoms with Crippen molar-refractivity contribution in [2.24, 2.45) is 0 Å². The second kappa shape index (κ2) is 7.42. The average Bonchev–Trinajstić information content (AvgIpc) is 3.21. The van der Waals surface area contributed by atoms with Gasteiger partial charge in [-0.3, -0.25) is 9.59 Å². The van der Waals surface area contributed by atoms with Crippen LogP contribution < -0.4 is 5.32 Å². The van der Waals surface area contributed by atoms with Gasteiger partial charge in [0.1, 0.15) is 0 Å². The van der Waals surface area contributed by atoms with Crippen LogP contribution in [0.3, 0.4) is 0 Å². The minimum atomic E-state index is -0.0331. The Morgan fingerprint density at radius 3 is 2.36 bits per heavy atom. The van der Waals surface area contributed by atoms with E-state index in [-0.39, 0.29) is 24.1 Å². The van der Waals surface area contributed by atoms with Gasteiger partial charge in [0, 0.05) is 47.7 Å². The molecule has 5 nitrogen and oxygen atoms in total. The molecule has 2 atom stereocenters. The molecule has 2 bridgehead atoms. The number of hydrogen-bond acceptors (Lipinski definition) is 3. The summed E-state index contributed by atoms with van der Waals surface area (Å²) in [5.41, 5.74) is 1.90. The van der Waals surface area contributed by atoms with Crippen LogP contribution in [0.2, 0.25) is 0 Å². The van der Waals surface area contributed by atoms with E-state index in [2.05, 4.69) is 15.2 Å². The molecule has 2 aliphatic heterocycles. The first-order valence-electron chi connectivity index (χ1n) is 8.55. The van der Waals surface area contributed by atoms with E-state index in [4.69, 9.17) is 0 Å². The van der Waals surface area contributed by atoms with Crippen LogP contribution in [0.15, 0.2) is 42.7 Å². The van der Waals surface area contributed by atoms with Crippen molar-refractivity contribution < 1.29 is 9.59 Å². The van der Waals surface area contributed by atoms with Gasteiger partial charge in [-0.1, -0.05) is 12.1 Å². The molecule has 4 rings (SSSR count). The van der Waals surface area contributed by atoms with E-state index < -0.39 is 0 Å². The summed E-state index contributed by atoms with van der Waals surface area (Å²) < 4.78 is 0. The van der Waals surface area contributed by atoms with E-state index in [0.717, 1.165) is 32.4 Å². The zero-order chi connectivity index (χ0) is 16.5. The maximum atomic E-state index is 12.9. The lowest BCUT2D eigenvalue weighted by molar-refractivity contribution is 0.0680. The number of carbonyl (C=O) groups is 2. The van der Waals surface area contributed by atoms with Crippen molar-refractivity contribution in [1.29, 1.82) is 0 Å². The summed E-state index contributed by atoms with van der Waals surface area (Å²) in [6.45, 7) is 1.86. The predicted octanol–water partition coefficient (Wildman–Crippen LogP) is 2.63. The number of aromatic nitrogens is 1. The molecule has 1 amide bonds. The summed E-state index contributed by atoms with van der Waals surface area (Å²) in [5.74, 6) is 0.0566. The van der Waals surface area contributed by atoms with Gasteiger partial charge < -0.3 is 15.2 Å². The van der Waals surface area contributed by atoms with Crippen LogP contribution in [0.5, 0.6) is 0 Å². The van der Waals surface area contributed by atoms with Crippen molar-refractivity contribution in [3.8, 4) is 0 Å². The number of hydrogen-bond donors (Lipinski definition) is 2. The minimum Gasteiger partial charge on any atom is -0.367 e. The van der Waals surface area contributed by atoms with Crippen LogP contribution in [0.4, 0.5) is 0 Å². The number of amides is 1. The van der Waals surface area contributed by atoms with Crippen LogP contribution in [-0.4, -0.2) is 46.7 Å². The van der Waals surface area contributed by atoms with E-state index >= 15 is 0 Å². The molecular formula is C19H22ClN3O2. The number of carbonyl (C=O) groups excluding carboxylic acids is 2. The van der Waals surface area contributed by atoms with Gasteiger partial charge in [-0.05, 0) is 44.0 Å². The summed E-state index contributed by atoms with van der Waals surface area (Å²) in [7, 11) is 0. The molecule has 0 radical (unpaired) electrons. The first-order valence-corrected chi connectivity index (χ1v) is 8.55. The van der Waals surface area contributed by atoms with Crippen molar-refractivity contribution in [3.05, 3.63) is 59.4 Å². The molecule has 2 fully saturated rings. The Hall–Kier alpha value is -2.11. The van der Waals surface area contributed by atoms with E-state index in [1.807, 2.05) is 0 Å². The summed E-state index contributed by atoms with van der Waals surface area (Å²) in [4.78, 5) is 30.2. The fraction of sp³-hybridized carbons (Fsp3) is 0.368. The summed E-state index contributed by atoms with van der Waals surface area (Å²) in [6, 6.07) is 9.45. The average molecular weight is 360 g/mol. The number of aromatic amines is 1. The standard InChI is InChI=1S/C19H21N3O2.ClH/c23-18(15-7-9-20-11-15)13-1-3-14(4-2-13)19(24)22-16-5-6-17(22)12-21-10-8-16;/h1-4,7,9,11,16-17,20-21H,5-6,8,10,12H2;1H. The van der Waals surface area contributed by atoms with Crippen LogP contribution >= 0.6 is 12.4 Å². The topological polar surface area (TPSA) is 65.2 Å². The van der Waals surface area contributed by atoms with E-state index in [1.54, 1.807) is 42.7 Å². The fourth-order valence-electron chi connectivity index (χ4n) is 3.86. The quantitative estimate of drug-likeness (QED) is 0.828. The lowest BCUT2D eigenvalue weighted by atomic mass is 10.0. The Morgan fingerprint density at radius 1 is 0.920 bits per heavy atom. The maximum absolute atomic E-state index is 12.9. The highest BCUT2D eigenvalue weighted by Crippen LogP contribution is 2.29. The number of rotatable bonds is 3. The largest absolute Gasteiger partial charge is 0.367 e.